The van der Waals surface area contributed by atoms with Crippen LogP contribution in [0.2, 0.25) is 5.02 Å². The quantitative estimate of drug-likeness (QED) is 0.736. The second-order valence-electron chi connectivity index (χ2n) is 4.84. The summed E-state index contributed by atoms with van der Waals surface area (Å²) in [6.07, 6.45) is 2.17. The Kier molecular flexibility index (Phi) is 5.47. The molecule has 0 bridgehead atoms. The maximum absolute atomic E-state index is 12.4. The van der Waals surface area contributed by atoms with Crippen molar-refractivity contribution < 1.29 is 9.53 Å². The number of nitrogens with zero attached hydrogens (tertiary/aromatic N) is 1. The second kappa shape index (κ2) is 6.90. The summed E-state index contributed by atoms with van der Waals surface area (Å²) in [7, 11) is 1.71. The van der Waals surface area contributed by atoms with Gasteiger partial charge in [-0.1, -0.05) is 11.6 Å². The van der Waals surface area contributed by atoms with E-state index >= 15 is 0 Å². The number of likely N-dealkylation sites (tertiary alicyclic amines) is 1. The maximum atomic E-state index is 12.4. The number of hydrogen-bond acceptors (Lipinski definition) is 2. The molecule has 1 unspecified atom stereocenters. The van der Waals surface area contributed by atoms with Gasteiger partial charge < -0.3 is 9.64 Å². The van der Waals surface area contributed by atoms with E-state index in [4.69, 9.17) is 16.3 Å². The molecule has 0 N–H and O–H groups in total. The fraction of sp³-hybridized carbons (Fsp3) is 0.500. The molecule has 0 radical (unpaired) electrons. The minimum Gasteiger partial charge on any atom is -0.384 e. The molecule has 0 saturated carbocycles. The van der Waals surface area contributed by atoms with Crippen molar-refractivity contribution in [3.63, 3.8) is 0 Å². The van der Waals surface area contributed by atoms with Gasteiger partial charge in [0.1, 0.15) is 0 Å². The van der Waals surface area contributed by atoms with Crippen molar-refractivity contribution in [1.29, 1.82) is 0 Å². The zero-order valence-electron chi connectivity index (χ0n) is 10.9. The lowest BCUT2D eigenvalue weighted by Crippen LogP contribution is -2.41. The lowest BCUT2D eigenvalue weighted by Gasteiger charge is -2.32. The number of carbonyl (C=O) groups is 1. The molecule has 1 aromatic carbocycles. The summed E-state index contributed by atoms with van der Waals surface area (Å²) in [5, 5.41) is 0.636. The lowest BCUT2D eigenvalue weighted by atomic mass is 9.98. The number of methoxy groups -OCH3 is 1. The molecule has 104 valence electrons. The van der Waals surface area contributed by atoms with E-state index in [0.717, 1.165) is 36.1 Å². The van der Waals surface area contributed by atoms with Crippen LogP contribution in [0.5, 0.6) is 0 Å². The van der Waals surface area contributed by atoms with Gasteiger partial charge in [-0.25, -0.2) is 0 Å². The molecule has 1 heterocycles. The van der Waals surface area contributed by atoms with Gasteiger partial charge in [0, 0.05) is 29.3 Å². The molecular weight excluding hydrogens is 377 g/mol. The minimum atomic E-state index is 0.0686. The van der Waals surface area contributed by atoms with E-state index in [0.29, 0.717) is 16.5 Å². The van der Waals surface area contributed by atoms with Gasteiger partial charge in [-0.3, -0.25) is 4.79 Å². The average molecular weight is 394 g/mol. The summed E-state index contributed by atoms with van der Waals surface area (Å²) in [5.41, 5.74) is 0.670. The molecule has 0 aromatic heterocycles. The molecule has 1 aromatic rings. The van der Waals surface area contributed by atoms with E-state index in [-0.39, 0.29) is 5.91 Å². The van der Waals surface area contributed by atoms with Gasteiger partial charge in [0.05, 0.1) is 11.6 Å². The van der Waals surface area contributed by atoms with Crippen molar-refractivity contribution in [1.82, 2.24) is 4.90 Å². The van der Waals surface area contributed by atoms with Crippen LogP contribution in [0.4, 0.5) is 0 Å². The van der Waals surface area contributed by atoms with E-state index < -0.39 is 0 Å². The van der Waals surface area contributed by atoms with Gasteiger partial charge in [-0.05, 0) is 59.5 Å². The van der Waals surface area contributed by atoms with Crippen LogP contribution < -0.4 is 0 Å². The molecule has 5 heteroatoms. The summed E-state index contributed by atoms with van der Waals surface area (Å²) in [6.45, 7) is 2.32. The Morgan fingerprint density at radius 1 is 1.58 bits per heavy atom. The number of rotatable bonds is 3. The highest BCUT2D eigenvalue weighted by molar-refractivity contribution is 14.1. The minimum absolute atomic E-state index is 0.0686. The number of benzene rings is 1. The summed E-state index contributed by atoms with van der Waals surface area (Å²) >= 11 is 8.24. The standard InChI is InChI=1S/C14H17ClINO2/c1-19-9-10-3-2-6-17(8-10)14(18)11-4-5-13(16)12(15)7-11/h4-5,7,10H,2-3,6,8-9H2,1H3. The average Bonchev–Trinajstić information content (AvgIpc) is 2.42. The molecule has 1 aliphatic rings. The first kappa shape index (κ1) is 15.1. The molecule has 1 saturated heterocycles. The molecule has 2 rings (SSSR count). The number of halogens is 2. The van der Waals surface area contributed by atoms with Gasteiger partial charge in [0.25, 0.3) is 5.91 Å². The topological polar surface area (TPSA) is 29.5 Å². The number of hydrogen-bond donors (Lipinski definition) is 0. The van der Waals surface area contributed by atoms with E-state index in [1.165, 1.54) is 0 Å². The molecular formula is C14H17ClINO2. The van der Waals surface area contributed by atoms with Crippen molar-refractivity contribution in [3.05, 3.63) is 32.4 Å². The predicted octanol–water partition coefficient (Wildman–Crippen LogP) is 3.44. The van der Waals surface area contributed by atoms with Crippen LogP contribution in [0, 0.1) is 9.49 Å². The van der Waals surface area contributed by atoms with Crippen molar-refractivity contribution in [2.75, 3.05) is 26.8 Å². The SMILES string of the molecule is COCC1CCCN(C(=O)c2ccc(I)c(Cl)c2)C1. The Morgan fingerprint density at radius 2 is 2.37 bits per heavy atom. The second-order valence-corrected chi connectivity index (χ2v) is 6.41. The summed E-state index contributed by atoms with van der Waals surface area (Å²) in [4.78, 5) is 14.3. The smallest absolute Gasteiger partial charge is 0.253 e. The Hall–Kier alpha value is -0.330. The normalized spacial score (nSPS) is 19.5. The third-order valence-corrected chi connectivity index (χ3v) is 4.95. The van der Waals surface area contributed by atoms with E-state index in [1.54, 1.807) is 13.2 Å². The van der Waals surface area contributed by atoms with Crippen molar-refractivity contribution in [2.24, 2.45) is 5.92 Å². The van der Waals surface area contributed by atoms with Crippen molar-refractivity contribution in [3.8, 4) is 0 Å². The summed E-state index contributed by atoms with van der Waals surface area (Å²) in [6, 6.07) is 5.48. The zero-order chi connectivity index (χ0) is 13.8. The van der Waals surface area contributed by atoms with E-state index in [9.17, 15) is 4.79 Å². The first-order valence-electron chi connectivity index (χ1n) is 6.35. The van der Waals surface area contributed by atoms with Gasteiger partial charge in [0.15, 0.2) is 0 Å². The number of piperidine rings is 1. The van der Waals surface area contributed by atoms with Gasteiger partial charge in [-0.15, -0.1) is 0 Å². The van der Waals surface area contributed by atoms with E-state index in [1.807, 2.05) is 17.0 Å². The zero-order valence-corrected chi connectivity index (χ0v) is 13.8. The summed E-state index contributed by atoms with van der Waals surface area (Å²) in [5.74, 6) is 0.515. The van der Waals surface area contributed by atoms with Crippen LogP contribution in [0.25, 0.3) is 0 Å². The maximum Gasteiger partial charge on any atom is 0.253 e. The Bertz CT molecular complexity index is 465. The lowest BCUT2D eigenvalue weighted by molar-refractivity contribution is 0.0571. The van der Waals surface area contributed by atoms with E-state index in [2.05, 4.69) is 22.6 Å². The monoisotopic (exact) mass is 393 g/mol. The molecule has 0 aliphatic carbocycles. The van der Waals surface area contributed by atoms with Gasteiger partial charge in [-0.2, -0.15) is 0 Å². The first-order valence-corrected chi connectivity index (χ1v) is 7.80. The third kappa shape index (κ3) is 3.83. The highest BCUT2D eigenvalue weighted by Crippen LogP contribution is 2.23. The number of carbonyl (C=O) groups excluding carboxylic acids is 1. The van der Waals surface area contributed by atoms with Crippen LogP contribution in [0.1, 0.15) is 23.2 Å². The molecule has 0 spiro atoms. The number of ether oxygens (including phenoxy) is 1. The Labute approximate surface area is 132 Å². The fourth-order valence-corrected chi connectivity index (χ4v) is 2.95. The van der Waals surface area contributed by atoms with Crippen molar-refractivity contribution in [2.45, 2.75) is 12.8 Å². The summed E-state index contributed by atoms with van der Waals surface area (Å²) < 4.78 is 6.15. The Balaban J connectivity index is 2.08. The van der Waals surface area contributed by atoms with Crippen LogP contribution >= 0.6 is 34.2 Å². The molecule has 3 nitrogen and oxygen atoms in total. The molecule has 1 aliphatic heterocycles. The predicted molar refractivity (Wildman–Crippen MR) is 84.7 cm³/mol. The van der Waals surface area contributed by atoms with Crippen molar-refractivity contribution >= 4 is 40.1 Å². The molecule has 1 amide bonds. The molecule has 1 atom stereocenters. The van der Waals surface area contributed by atoms with Gasteiger partial charge in [0.2, 0.25) is 0 Å². The van der Waals surface area contributed by atoms with Gasteiger partial charge >= 0.3 is 0 Å². The van der Waals surface area contributed by atoms with Crippen LogP contribution in [-0.2, 0) is 4.74 Å². The molecule has 19 heavy (non-hydrogen) atoms. The van der Waals surface area contributed by atoms with Crippen LogP contribution in [0.3, 0.4) is 0 Å². The van der Waals surface area contributed by atoms with Crippen LogP contribution in [-0.4, -0.2) is 37.6 Å². The largest absolute Gasteiger partial charge is 0.384 e. The molecule has 1 fully saturated rings. The first-order chi connectivity index (χ1) is 9.11. The third-order valence-electron chi connectivity index (χ3n) is 3.38. The highest BCUT2D eigenvalue weighted by atomic mass is 127. The number of amides is 1. The van der Waals surface area contributed by atoms with Crippen LogP contribution in [0.15, 0.2) is 18.2 Å². The fourth-order valence-electron chi connectivity index (χ4n) is 2.43. The highest BCUT2D eigenvalue weighted by Gasteiger charge is 2.24. The Morgan fingerprint density at radius 3 is 3.05 bits per heavy atom.